The minimum absolute atomic E-state index is 0.0277. The second kappa shape index (κ2) is 11.5. The Morgan fingerprint density at radius 3 is 2.29 bits per heavy atom. The summed E-state index contributed by atoms with van der Waals surface area (Å²) in [4.78, 5) is 25.6. The van der Waals surface area contributed by atoms with E-state index in [1.165, 1.54) is 24.3 Å². The van der Waals surface area contributed by atoms with E-state index in [2.05, 4.69) is 10.4 Å². The maximum atomic E-state index is 13.2. The van der Waals surface area contributed by atoms with Crippen LogP contribution in [0.15, 0.2) is 71.1 Å². The normalized spacial score (nSPS) is 11.8. The number of nitriles is 1. The van der Waals surface area contributed by atoms with Gasteiger partial charge >= 0.3 is 18.3 Å². The Bertz CT molecular complexity index is 1980. The number of fused-ring (bicyclic) bond motifs is 1. The first-order valence-electron chi connectivity index (χ1n) is 13.1. The number of nitrogens with zero attached hydrogens (tertiary/aromatic N) is 3. The molecule has 0 fully saturated rings. The van der Waals surface area contributed by atoms with E-state index in [-0.39, 0.29) is 46.1 Å². The van der Waals surface area contributed by atoms with Gasteiger partial charge in [-0.2, -0.15) is 36.7 Å². The topological polar surface area (TPSA) is 110 Å². The van der Waals surface area contributed by atoms with Gasteiger partial charge in [-0.15, -0.1) is 0 Å². The lowest BCUT2D eigenvalue weighted by Crippen LogP contribution is -2.13. The fourth-order valence-electron chi connectivity index (χ4n) is 4.62. The number of furan rings is 1. The highest BCUT2D eigenvalue weighted by atomic mass is 19.4. The van der Waals surface area contributed by atoms with E-state index in [9.17, 15) is 41.2 Å². The molecular weight excluding hydrogens is 606 g/mol. The van der Waals surface area contributed by atoms with Gasteiger partial charge in [0.15, 0.2) is 11.5 Å². The number of hydrogen-bond acceptors (Lipinski definition) is 6. The number of aryl methyl sites for hydroxylation is 1. The number of alkyl halides is 6. The minimum atomic E-state index is -4.61. The van der Waals surface area contributed by atoms with E-state index < -0.39 is 41.0 Å². The predicted molar refractivity (Wildman–Crippen MR) is 149 cm³/mol. The molecule has 2 heterocycles. The molecule has 230 valence electrons. The van der Waals surface area contributed by atoms with Gasteiger partial charge in [0.05, 0.1) is 23.4 Å². The third-order valence-corrected chi connectivity index (χ3v) is 6.77. The van der Waals surface area contributed by atoms with E-state index in [0.717, 1.165) is 47.1 Å². The van der Waals surface area contributed by atoms with Gasteiger partial charge < -0.3 is 14.5 Å². The van der Waals surface area contributed by atoms with Crippen molar-refractivity contribution in [3.05, 3.63) is 100 Å². The average molecular weight is 627 g/mol. The van der Waals surface area contributed by atoms with E-state index in [0.29, 0.717) is 10.9 Å². The number of nitrogens with one attached hydrogen (secondary N) is 1. The van der Waals surface area contributed by atoms with Crippen LogP contribution >= 0.6 is 0 Å². The molecule has 0 radical (unpaired) electrons. The van der Waals surface area contributed by atoms with Crippen molar-refractivity contribution >= 4 is 28.5 Å². The summed E-state index contributed by atoms with van der Waals surface area (Å²) < 4.78 is 91.1. The molecular formula is C31H20F6N4O4. The van der Waals surface area contributed by atoms with Gasteiger partial charge in [-0.3, -0.25) is 4.79 Å². The molecule has 5 rings (SSSR count). The highest BCUT2D eigenvalue weighted by Gasteiger charge is 2.33. The first kappa shape index (κ1) is 30.9. The highest BCUT2D eigenvalue weighted by molar-refractivity contribution is 6.06. The van der Waals surface area contributed by atoms with Crippen molar-refractivity contribution in [3.63, 3.8) is 0 Å². The van der Waals surface area contributed by atoms with Gasteiger partial charge in [0.1, 0.15) is 22.9 Å². The Morgan fingerprint density at radius 2 is 1.67 bits per heavy atom. The second-order valence-corrected chi connectivity index (χ2v) is 9.66. The number of rotatable bonds is 6. The summed E-state index contributed by atoms with van der Waals surface area (Å²) >= 11 is 0. The van der Waals surface area contributed by atoms with E-state index in [4.69, 9.17) is 9.15 Å². The molecule has 0 bridgehead atoms. The van der Waals surface area contributed by atoms with Crippen molar-refractivity contribution in [3.8, 4) is 23.2 Å². The van der Waals surface area contributed by atoms with Crippen LogP contribution < -0.4 is 5.32 Å². The Kier molecular flexibility index (Phi) is 7.88. The van der Waals surface area contributed by atoms with Gasteiger partial charge in [0, 0.05) is 22.2 Å². The highest BCUT2D eigenvalue weighted by Crippen LogP contribution is 2.38. The lowest BCUT2D eigenvalue weighted by atomic mass is 10.1. The molecule has 0 spiro atoms. The summed E-state index contributed by atoms with van der Waals surface area (Å²) in [7, 11) is 0. The maximum absolute atomic E-state index is 13.2. The molecule has 0 aliphatic rings. The summed E-state index contributed by atoms with van der Waals surface area (Å²) in [5.41, 5.74) is -1.98. The van der Waals surface area contributed by atoms with Crippen molar-refractivity contribution in [1.29, 1.82) is 5.26 Å². The molecule has 1 amide bonds. The lowest BCUT2D eigenvalue weighted by molar-refractivity contribution is -0.138. The molecule has 0 saturated heterocycles. The summed E-state index contributed by atoms with van der Waals surface area (Å²) in [6.45, 7) is 3.13. The van der Waals surface area contributed by atoms with Gasteiger partial charge in [0.2, 0.25) is 0 Å². The number of carbonyl (C=O) groups is 2. The van der Waals surface area contributed by atoms with Gasteiger partial charge in [-0.25, -0.2) is 9.48 Å². The molecule has 1 N–H and O–H groups in total. The number of halogens is 6. The van der Waals surface area contributed by atoms with Crippen LogP contribution in [0, 0.1) is 18.3 Å². The molecule has 14 heteroatoms. The summed E-state index contributed by atoms with van der Waals surface area (Å²) in [6.07, 6.45) is -9.22. The molecule has 0 saturated carbocycles. The van der Waals surface area contributed by atoms with Crippen LogP contribution in [0.3, 0.4) is 0 Å². The number of ether oxygens (including phenoxy) is 1. The van der Waals surface area contributed by atoms with Crippen LogP contribution in [-0.4, -0.2) is 28.3 Å². The van der Waals surface area contributed by atoms with Crippen LogP contribution in [0.1, 0.15) is 50.0 Å². The van der Waals surface area contributed by atoms with Crippen molar-refractivity contribution in [2.45, 2.75) is 26.2 Å². The van der Waals surface area contributed by atoms with Gasteiger partial charge in [-0.1, -0.05) is 12.1 Å². The number of benzene rings is 3. The second-order valence-electron chi connectivity index (χ2n) is 9.66. The Balaban J connectivity index is 1.60. The summed E-state index contributed by atoms with van der Waals surface area (Å²) in [5, 5.41) is 17.1. The average Bonchev–Trinajstić information content (AvgIpc) is 3.53. The van der Waals surface area contributed by atoms with Crippen molar-refractivity contribution in [2.75, 3.05) is 11.9 Å². The number of aromatic nitrogens is 2. The number of carbonyl (C=O) groups excluding carboxylic acids is 2. The predicted octanol–water partition coefficient (Wildman–Crippen LogP) is 7.93. The molecule has 5 aromatic rings. The van der Waals surface area contributed by atoms with Crippen LogP contribution in [0.5, 0.6) is 0 Å². The molecule has 8 nitrogen and oxygen atoms in total. The molecule has 3 aromatic carbocycles. The van der Waals surface area contributed by atoms with Crippen LogP contribution in [0.4, 0.5) is 32.0 Å². The Morgan fingerprint density at radius 1 is 0.978 bits per heavy atom. The third kappa shape index (κ3) is 5.97. The molecule has 2 aromatic heterocycles. The zero-order valence-corrected chi connectivity index (χ0v) is 23.3. The van der Waals surface area contributed by atoms with E-state index >= 15 is 0 Å². The SMILES string of the molecule is CCOC(=O)c1nn(-c2ccc(C(F)(F)F)cc2)c(-c2oc3cc(C(=O)Nc4cccc(C(F)(F)F)c4)ccc3c2C)c1C#N. The monoisotopic (exact) mass is 626 g/mol. The Hall–Kier alpha value is -5.58. The number of esters is 1. The van der Waals surface area contributed by atoms with Crippen molar-refractivity contribution in [2.24, 2.45) is 0 Å². The summed E-state index contributed by atoms with van der Waals surface area (Å²) in [6, 6.07) is 14.2. The smallest absolute Gasteiger partial charge is 0.416 e. The van der Waals surface area contributed by atoms with E-state index in [1.54, 1.807) is 13.8 Å². The first-order chi connectivity index (χ1) is 21.2. The zero-order chi connectivity index (χ0) is 32.7. The molecule has 0 aliphatic heterocycles. The number of hydrogen-bond donors (Lipinski definition) is 1. The zero-order valence-electron chi connectivity index (χ0n) is 23.3. The third-order valence-electron chi connectivity index (χ3n) is 6.77. The molecule has 0 aliphatic carbocycles. The summed E-state index contributed by atoms with van der Waals surface area (Å²) in [5.74, 6) is -1.65. The standard InChI is InChI=1S/C31H20F6N4O4/c1-3-44-29(43)25-23(15-38)26(41(40-25)21-10-8-18(9-11-21)30(32,33)34)27-16(2)22-12-7-17(13-24(22)45-27)28(42)39-20-6-4-5-19(14-20)31(35,36)37/h4-14H,3H2,1-2H3,(H,39,42). The van der Waals surface area contributed by atoms with Crippen molar-refractivity contribution < 1.29 is 45.1 Å². The number of amides is 1. The fraction of sp³-hybridized carbons (Fsp3) is 0.161. The lowest BCUT2D eigenvalue weighted by Gasteiger charge is -2.10. The minimum Gasteiger partial charge on any atom is -0.461 e. The van der Waals surface area contributed by atoms with Crippen LogP contribution in [0.25, 0.3) is 28.1 Å². The quantitative estimate of drug-likeness (QED) is 0.151. The van der Waals surface area contributed by atoms with Gasteiger partial charge in [0.25, 0.3) is 5.91 Å². The van der Waals surface area contributed by atoms with E-state index in [1.807, 2.05) is 6.07 Å². The maximum Gasteiger partial charge on any atom is 0.416 e. The Labute approximate surface area is 250 Å². The van der Waals surface area contributed by atoms with Crippen LogP contribution in [-0.2, 0) is 17.1 Å². The molecule has 45 heavy (non-hydrogen) atoms. The van der Waals surface area contributed by atoms with Gasteiger partial charge in [-0.05, 0) is 68.4 Å². The number of anilines is 1. The fourth-order valence-corrected chi connectivity index (χ4v) is 4.62. The first-order valence-corrected chi connectivity index (χ1v) is 13.1. The van der Waals surface area contributed by atoms with Crippen LogP contribution in [0.2, 0.25) is 0 Å². The largest absolute Gasteiger partial charge is 0.461 e. The molecule has 0 unspecified atom stereocenters. The molecule has 0 atom stereocenters. The van der Waals surface area contributed by atoms with Crippen molar-refractivity contribution in [1.82, 2.24) is 9.78 Å².